The molecule has 0 fully saturated rings. The Labute approximate surface area is 193 Å². The number of rotatable bonds is 5. The van der Waals surface area contributed by atoms with Crippen molar-refractivity contribution in [2.75, 3.05) is 5.32 Å². The average molecular weight is 460 g/mol. The molecule has 1 heterocycles. The Morgan fingerprint density at radius 2 is 1.61 bits per heavy atom. The van der Waals surface area contributed by atoms with Crippen molar-refractivity contribution in [1.82, 2.24) is 4.57 Å². The Balaban J connectivity index is 0.00000129. The van der Waals surface area contributed by atoms with Gasteiger partial charge in [-0.05, 0) is 43.7 Å². The summed E-state index contributed by atoms with van der Waals surface area (Å²) in [5.74, 6) is -2.07. The van der Waals surface area contributed by atoms with Crippen LogP contribution in [0.2, 0.25) is 0 Å². The molecule has 0 radical (unpaired) electrons. The molecular weight excluding hydrogens is 428 g/mol. The second-order valence-electron chi connectivity index (χ2n) is 6.57. The minimum atomic E-state index is -0.903. The molecule has 0 saturated heterocycles. The Morgan fingerprint density at radius 3 is 2.18 bits per heavy atom. The maximum atomic E-state index is 14.3. The van der Waals surface area contributed by atoms with Gasteiger partial charge in [-0.2, -0.15) is 0 Å². The molecule has 0 saturated carbocycles. The highest BCUT2D eigenvalue weighted by Gasteiger charge is 2.22. The van der Waals surface area contributed by atoms with E-state index < -0.39 is 23.1 Å². The minimum absolute atomic E-state index is 0.0446. The predicted molar refractivity (Wildman–Crippen MR) is 129 cm³/mol. The third-order valence-corrected chi connectivity index (χ3v) is 4.47. The molecule has 3 aromatic rings. The number of aromatic nitrogens is 1. The number of amides is 1. The highest BCUT2D eigenvalue weighted by Crippen LogP contribution is 2.33. The first-order chi connectivity index (χ1) is 15.7. The number of carbonyl (C=O) groups excluding carboxylic acids is 1. The molecule has 3 rings (SSSR count). The van der Waals surface area contributed by atoms with E-state index in [0.29, 0.717) is 5.56 Å². The number of carbonyl (C=O) groups is 1. The van der Waals surface area contributed by atoms with E-state index in [1.54, 1.807) is 13.0 Å². The van der Waals surface area contributed by atoms with Gasteiger partial charge in [-0.3, -0.25) is 14.2 Å². The van der Waals surface area contributed by atoms with E-state index in [9.17, 15) is 18.4 Å². The van der Waals surface area contributed by atoms with Gasteiger partial charge in [-0.1, -0.05) is 39.8 Å². The smallest absolute Gasteiger partial charge is 0.256 e. The second-order valence-corrected chi connectivity index (χ2v) is 6.57. The molecule has 1 amide bonds. The molecule has 2 aromatic carbocycles. The van der Waals surface area contributed by atoms with Gasteiger partial charge < -0.3 is 15.8 Å². The van der Waals surface area contributed by atoms with E-state index in [1.807, 2.05) is 27.7 Å². The van der Waals surface area contributed by atoms with Gasteiger partial charge in [0, 0.05) is 18.7 Å². The van der Waals surface area contributed by atoms with Gasteiger partial charge in [-0.25, -0.2) is 8.78 Å². The van der Waals surface area contributed by atoms with Crippen molar-refractivity contribution >= 4 is 17.4 Å². The maximum Gasteiger partial charge on any atom is 0.256 e. The van der Waals surface area contributed by atoms with Crippen LogP contribution in [0.1, 0.15) is 49.2 Å². The fourth-order valence-electron chi connectivity index (χ4n) is 2.81. The van der Waals surface area contributed by atoms with Crippen LogP contribution < -0.4 is 21.3 Å². The lowest BCUT2D eigenvalue weighted by Crippen LogP contribution is -2.25. The number of pyridine rings is 1. The number of ether oxygens (including phenoxy) is 1. The first-order valence-electron chi connectivity index (χ1n) is 10.7. The lowest BCUT2D eigenvalue weighted by atomic mass is 10.1. The molecule has 0 aliphatic heterocycles. The number of halogens is 2. The molecule has 3 N–H and O–H groups in total. The normalized spacial score (nSPS) is 9.73. The summed E-state index contributed by atoms with van der Waals surface area (Å²) in [5.41, 5.74) is 5.78. The third-order valence-electron chi connectivity index (χ3n) is 4.47. The topological polar surface area (TPSA) is 86.3 Å². The quantitative estimate of drug-likeness (QED) is 0.492. The molecule has 6 nitrogen and oxygen atoms in total. The zero-order valence-corrected chi connectivity index (χ0v) is 20.0. The number of nitrogens with one attached hydrogen (secondary N) is 1. The molecular formula is C25H31F2N3O3. The van der Waals surface area contributed by atoms with Gasteiger partial charge in [0.05, 0.1) is 5.69 Å². The van der Waals surface area contributed by atoms with Gasteiger partial charge in [0.25, 0.3) is 11.5 Å². The Kier molecular flexibility index (Phi) is 10.3. The van der Waals surface area contributed by atoms with Crippen molar-refractivity contribution in [3.63, 3.8) is 0 Å². The van der Waals surface area contributed by atoms with Gasteiger partial charge in [0.1, 0.15) is 34.5 Å². The summed E-state index contributed by atoms with van der Waals surface area (Å²) in [6.07, 6.45) is 0. The first-order valence-corrected chi connectivity index (χ1v) is 10.7. The van der Waals surface area contributed by atoms with Crippen LogP contribution in [0.4, 0.5) is 20.3 Å². The summed E-state index contributed by atoms with van der Waals surface area (Å²) in [4.78, 5) is 24.6. The van der Waals surface area contributed by atoms with E-state index in [0.717, 1.165) is 10.6 Å². The summed E-state index contributed by atoms with van der Waals surface area (Å²) >= 11 is 0. The van der Waals surface area contributed by atoms with Crippen LogP contribution >= 0.6 is 0 Å². The van der Waals surface area contributed by atoms with Crippen LogP contribution in [0.3, 0.4) is 0 Å². The van der Waals surface area contributed by atoms with E-state index >= 15 is 0 Å². The Morgan fingerprint density at radius 1 is 0.970 bits per heavy atom. The van der Waals surface area contributed by atoms with E-state index in [-0.39, 0.29) is 34.1 Å². The summed E-state index contributed by atoms with van der Waals surface area (Å²) in [5, 5.41) is 2.74. The number of hydrogen-bond donors (Lipinski definition) is 2. The lowest BCUT2D eigenvalue weighted by Gasteiger charge is -2.19. The van der Waals surface area contributed by atoms with Crippen LogP contribution in [0.15, 0.2) is 47.3 Å². The van der Waals surface area contributed by atoms with Crippen molar-refractivity contribution in [2.24, 2.45) is 12.8 Å². The summed E-state index contributed by atoms with van der Waals surface area (Å²) in [6.45, 7) is 11.2. The van der Waals surface area contributed by atoms with Gasteiger partial charge >= 0.3 is 0 Å². The van der Waals surface area contributed by atoms with Crippen LogP contribution in [0.25, 0.3) is 0 Å². The van der Waals surface area contributed by atoms with E-state index in [4.69, 9.17) is 10.5 Å². The number of anilines is 2. The average Bonchev–Trinajstić information content (AvgIpc) is 2.79. The van der Waals surface area contributed by atoms with Crippen molar-refractivity contribution in [1.29, 1.82) is 0 Å². The number of nitrogens with zero attached hydrogens (tertiary/aromatic N) is 1. The van der Waals surface area contributed by atoms with Gasteiger partial charge in [0.2, 0.25) is 0 Å². The molecule has 0 spiro atoms. The van der Waals surface area contributed by atoms with Crippen LogP contribution in [0, 0.1) is 25.5 Å². The van der Waals surface area contributed by atoms with Crippen molar-refractivity contribution < 1.29 is 18.3 Å². The largest absolute Gasteiger partial charge is 0.456 e. The molecule has 0 bridgehead atoms. The van der Waals surface area contributed by atoms with Crippen LogP contribution in [0.5, 0.6) is 11.5 Å². The zero-order chi connectivity index (χ0) is 25.3. The van der Waals surface area contributed by atoms with Gasteiger partial charge in [0.15, 0.2) is 0 Å². The standard InChI is InChI=1S/C21H19F2N3O3.2C2H6/c1-11-7-8-15(14(23)9-11)25-21-19(20(24)28)17(10-18(27)26(21)3)29-16-6-4-5-13(22)12(16)2;2*1-2/h4-10,25H,1-3H3,(H2,24,28);2*1-2H3. The molecule has 178 valence electrons. The van der Waals surface area contributed by atoms with E-state index in [2.05, 4.69) is 5.32 Å². The molecule has 0 aliphatic carbocycles. The minimum Gasteiger partial charge on any atom is -0.456 e. The number of hydrogen-bond acceptors (Lipinski definition) is 4. The summed E-state index contributed by atoms with van der Waals surface area (Å²) < 4.78 is 34.9. The fraction of sp³-hybridized carbons (Fsp3) is 0.280. The number of benzene rings is 2. The third kappa shape index (κ3) is 6.41. The molecule has 0 aliphatic rings. The summed E-state index contributed by atoms with van der Waals surface area (Å²) in [7, 11) is 1.40. The monoisotopic (exact) mass is 459 g/mol. The van der Waals surface area contributed by atoms with Gasteiger partial charge in [-0.15, -0.1) is 0 Å². The van der Waals surface area contributed by atoms with Crippen LogP contribution in [-0.4, -0.2) is 10.5 Å². The Bertz CT molecular complexity index is 1170. The fourth-order valence-corrected chi connectivity index (χ4v) is 2.81. The SMILES string of the molecule is CC.CC.Cc1ccc(Nc2c(C(N)=O)c(Oc3cccc(F)c3C)cc(=O)n2C)c(F)c1. The zero-order valence-electron chi connectivity index (χ0n) is 20.0. The number of aryl methyl sites for hydroxylation is 1. The van der Waals surface area contributed by atoms with Crippen LogP contribution in [-0.2, 0) is 7.05 Å². The Hall–Kier alpha value is -3.68. The van der Waals surface area contributed by atoms with Crippen molar-refractivity contribution in [3.8, 4) is 11.5 Å². The summed E-state index contributed by atoms with van der Waals surface area (Å²) in [6, 6.07) is 9.71. The van der Waals surface area contributed by atoms with Crippen molar-refractivity contribution in [2.45, 2.75) is 41.5 Å². The molecule has 8 heteroatoms. The lowest BCUT2D eigenvalue weighted by molar-refractivity contribution is 0.0998. The molecule has 33 heavy (non-hydrogen) atoms. The molecule has 1 aromatic heterocycles. The predicted octanol–water partition coefficient (Wildman–Crippen LogP) is 5.97. The second kappa shape index (κ2) is 12.4. The van der Waals surface area contributed by atoms with Crippen molar-refractivity contribution in [3.05, 3.63) is 81.1 Å². The maximum absolute atomic E-state index is 14.3. The number of nitrogens with two attached hydrogens (primary N) is 1. The highest BCUT2D eigenvalue weighted by atomic mass is 19.1. The number of primary amides is 1. The first kappa shape index (κ1) is 27.4. The molecule has 0 atom stereocenters. The molecule has 0 unspecified atom stereocenters. The van der Waals surface area contributed by atoms with E-state index in [1.165, 1.54) is 44.3 Å². The highest BCUT2D eigenvalue weighted by molar-refractivity contribution is 6.01.